The Balaban J connectivity index is 2.12. The number of ether oxygens (including phenoxy) is 1. The fraction of sp³-hybridized carbons (Fsp3) is 0.500. The Bertz CT molecular complexity index is 706. The Hall–Kier alpha value is -0.660. The van der Waals surface area contributed by atoms with Gasteiger partial charge in [-0.25, -0.2) is 13.1 Å². The van der Waals surface area contributed by atoms with Crippen LogP contribution in [0.3, 0.4) is 0 Å². The molecule has 0 saturated carbocycles. The van der Waals surface area contributed by atoms with Crippen LogP contribution in [0.15, 0.2) is 32.0 Å². The van der Waals surface area contributed by atoms with Crippen LogP contribution in [0.25, 0.3) is 0 Å². The molecular formula is C14H17Br2N3O3S. The van der Waals surface area contributed by atoms with Gasteiger partial charge in [0.2, 0.25) is 10.0 Å². The molecule has 0 radical (unpaired) electrons. The molecule has 0 aromatic heterocycles. The first-order chi connectivity index (χ1) is 10.9. The van der Waals surface area contributed by atoms with Crippen LogP contribution in [0.4, 0.5) is 0 Å². The van der Waals surface area contributed by atoms with Gasteiger partial charge in [0.15, 0.2) is 6.19 Å². The summed E-state index contributed by atoms with van der Waals surface area (Å²) >= 11 is 6.54. The summed E-state index contributed by atoms with van der Waals surface area (Å²) < 4.78 is 34.4. The van der Waals surface area contributed by atoms with E-state index in [2.05, 4.69) is 42.8 Å². The molecule has 0 amide bonds. The van der Waals surface area contributed by atoms with E-state index in [4.69, 9.17) is 4.74 Å². The van der Waals surface area contributed by atoms with E-state index in [1.54, 1.807) is 23.1 Å². The second-order valence-corrected chi connectivity index (χ2v) is 8.65. The maximum absolute atomic E-state index is 12.6. The number of nitrogens with one attached hydrogen (secondary N) is 1. The highest BCUT2D eigenvalue weighted by molar-refractivity contribution is 9.11. The van der Waals surface area contributed by atoms with Gasteiger partial charge < -0.3 is 9.64 Å². The molecule has 0 unspecified atom stereocenters. The first kappa shape index (κ1) is 18.7. The molecule has 126 valence electrons. The maximum Gasteiger partial charge on any atom is 0.242 e. The third-order valence-corrected chi connectivity index (χ3v) is 6.57. The monoisotopic (exact) mass is 465 g/mol. The largest absolute Gasteiger partial charge is 0.380 e. The average Bonchev–Trinajstić information content (AvgIpc) is 2.88. The van der Waals surface area contributed by atoms with E-state index in [9.17, 15) is 13.7 Å². The standard InChI is InChI=1S/C14H17Br2N3O3S/c1-2-22-8-12-6-11(7-19(12)9-17)18-23(20,21)14-5-10(15)3-4-13(14)16/h3-5,11-12,18H,2,6-8H2,1H3/t11-,12-/m1/s1. The molecule has 1 aliphatic rings. The Morgan fingerprint density at radius 1 is 1.48 bits per heavy atom. The van der Waals surface area contributed by atoms with Gasteiger partial charge in [0, 0.05) is 28.1 Å². The number of likely N-dealkylation sites (tertiary alicyclic amines) is 1. The SMILES string of the molecule is CCOC[C@H]1C[C@@H](NS(=O)(=O)c2cc(Br)ccc2Br)CN1C#N. The van der Waals surface area contributed by atoms with Gasteiger partial charge >= 0.3 is 0 Å². The number of halogens is 2. The van der Waals surface area contributed by atoms with Gasteiger partial charge in [-0.3, -0.25) is 0 Å². The first-order valence-corrected chi connectivity index (χ1v) is 10.2. The molecule has 1 aromatic rings. The van der Waals surface area contributed by atoms with Crippen molar-refractivity contribution in [2.45, 2.75) is 30.3 Å². The van der Waals surface area contributed by atoms with Crippen LogP contribution in [0.2, 0.25) is 0 Å². The molecule has 1 heterocycles. The Morgan fingerprint density at radius 2 is 2.22 bits per heavy atom. The van der Waals surface area contributed by atoms with Gasteiger partial charge in [-0.05, 0) is 47.5 Å². The lowest BCUT2D eigenvalue weighted by Crippen LogP contribution is -2.36. The van der Waals surface area contributed by atoms with Crippen LogP contribution >= 0.6 is 31.9 Å². The summed E-state index contributed by atoms with van der Waals surface area (Å²) in [7, 11) is -3.68. The fourth-order valence-corrected chi connectivity index (χ4v) is 5.24. The number of hydrogen-bond acceptors (Lipinski definition) is 5. The minimum absolute atomic E-state index is 0.0985. The fourth-order valence-electron chi connectivity index (χ4n) is 2.50. The minimum Gasteiger partial charge on any atom is -0.380 e. The molecule has 0 spiro atoms. The van der Waals surface area contributed by atoms with Gasteiger partial charge in [0.05, 0.1) is 17.5 Å². The number of sulfonamides is 1. The molecule has 9 heteroatoms. The zero-order valence-electron chi connectivity index (χ0n) is 12.5. The number of rotatable bonds is 6. The number of nitriles is 1. The first-order valence-electron chi connectivity index (χ1n) is 7.09. The van der Waals surface area contributed by atoms with Gasteiger partial charge in [-0.2, -0.15) is 5.26 Å². The summed E-state index contributed by atoms with van der Waals surface area (Å²) in [5.74, 6) is 0. The van der Waals surface area contributed by atoms with Gasteiger partial charge in [0.25, 0.3) is 0 Å². The predicted octanol–water partition coefficient (Wildman–Crippen LogP) is 2.45. The second-order valence-electron chi connectivity index (χ2n) is 5.19. The summed E-state index contributed by atoms with van der Waals surface area (Å²) in [4.78, 5) is 1.74. The van der Waals surface area contributed by atoms with E-state index in [-0.39, 0.29) is 17.0 Å². The topological polar surface area (TPSA) is 82.4 Å². The molecule has 1 aromatic carbocycles. The van der Waals surface area contributed by atoms with Crippen LogP contribution in [-0.4, -0.2) is 45.2 Å². The van der Waals surface area contributed by atoms with Crippen molar-refractivity contribution >= 4 is 41.9 Å². The second kappa shape index (κ2) is 7.94. The molecule has 1 saturated heterocycles. The van der Waals surface area contributed by atoms with Crippen molar-refractivity contribution in [2.24, 2.45) is 0 Å². The smallest absolute Gasteiger partial charge is 0.242 e. The number of nitrogens with zero attached hydrogens (tertiary/aromatic N) is 2. The molecule has 23 heavy (non-hydrogen) atoms. The summed E-state index contributed by atoms with van der Waals surface area (Å²) in [6.45, 7) is 3.22. The highest BCUT2D eigenvalue weighted by atomic mass is 79.9. The zero-order valence-corrected chi connectivity index (χ0v) is 16.5. The minimum atomic E-state index is -3.68. The quantitative estimate of drug-likeness (QED) is 0.651. The van der Waals surface area contributed by atoms with E-state index in [0.29, 0.717) is 35.1 Å². The molecule has 0 aliphatic carbocycles. The molecule has 2 atom stereocenters. The Labute approximate surface area is 153 Å². The van der Waals surface area contributed by atoms with Gasteiger partial charge in [-0.1, -0.05) is 15.9 Å². The Kier molecular flexibility index (Phi) is 6.45. The summed E-state index contributed by atoms with van der Waals surface area (Å²) in [5, 5.41) is 9.18. The van der Waals surface area contributed by atoms with Crippen LogP contribution in [0.1, 0.15) is 13.3 Å². The van der Waals surface area contributed by atoms with Crippen molar-refractivity contribution in [2.75, 3.05) is 19.8 Å². The molecule has 1 aliphatic heterocycles. The highest BCUT2D eigenvalue weighted by Gasteiger charge is 2.34. The third kappa shape index (κ3) is 4.67. The van der Waals surface area contributed by atoms with Gasteiger partial charge in [-0.15, -0.1) is 0 Å². The van der Waals surface area contributed by atoms with Crippen LogP contribution in [0.5, 0.6) is 0 Å². The van der Waals surface area contributed by atoms with E-state index < -0.39 is 10.0 Å². The summed E-state index contributed by atoms with van der Waals surface area (Å²) in [5.41, 5.74) is 0. The molecular weight excluding hydrogens is 450 g/mol. The van der Waals surface area contributed by atoms with Gasteiger partial charge in [0.1, 0.15) is 0 Å². The zero-order chi connectivity index (χ0) is 17.0. The van der Waals surface area contributed by atoms with E-state index >= 15 is 0 Å². The lowest BCUT2D eigenvalue weighted by Gasteiger charge is -2.16. The number of benzene rings is 1. The lowest BCUT2D eigenvalue weighted by molar-refractivity contribution is 0.103. The molecule has 1 N–H and O–H groups in total. The van der Waals surface area contributed by atoms with Crippen molar-refractivity contribution in [1.29, 1.82) is 5.26 Å². The molecule has 0 bridgehead atoms. The lowest BCUT2D eigenvalue weighted by atomic mass is 10.2. The van der Waals surface area contributed by atoms with Crippen LogP contribution in [0, 0.1) is 11.5 Å². The number of hydrogen-bond donors (Lipinski definition) is 1. The molecule has 1 fully saturated rings. The third-order valence-electron chi connectivity index (χ3n) is 3.56. The maximum atomic E-state index is 12.6. The predicted molar refractivity (Wildman–Crippen MR) is 93.2 cm³/mol. The van der Waals surface area contributed by atoms with E-state index in [1.165, 1.54) is 0 Å². The average molecular weight is 467 g/mol. The Morgan fingerprint density at radius 3 is 2.87 bits per heavy atom. The van der Waals surface area contributed by atoms with Crippen LogP contribution in [-0.2, 0) is 14.8 Å². The normalized spacial score (nSPS) is 21.4. The van der Waals surface area contributed by atoms with Crippen molar-refractivity contribution in [1.82, 2.24) is 9.62 Å². The highest BCUT2D eigenvalue weighted by Crippen LogP contribution is 2.27. The van der Waals surface area contributed by atoms with Crippen molar-refractivity contribution in [3.63, 3.8) is 0 Å². The molecule has 2 rings (SSSR count). The van der Waals surface area contributed by atoms with Crippen molar-refractivity contribution in [3.05, 3.63) is 27.1 Å². The summed E-state index contributed by atoms with van der Waals surface area (Å²) in [6.07, 6.45) is 2.64. The van der Waals surface area contributed by atoms with Crippen LogP contribution < -0.4 is 4.72 Å². The van der Waals surface area contributed by atoms with E-state index in [1.807, 2.05) is 6.92 Å². The molecule has 6 nitrogen and oxygen atoms in total. The summed E-state index contributed by atoms with van der Waals surface area (Å²) in [6, 6.07) is 4.55. The van der Waals surface area contributed by atoms with Crippen molar-refractivity contribution < 1.29 is 13.2 Å². The van der Waals surface area contributed by atoms with E-state index in [0.717, 1.165) is 0 Å². The van der Waals surface area contributed by atoms with Crippen molar-refractivity contribution in [3.8, 4) is 6.19 Å².